The molecule has 0 spiro atoms. The van der Waals surface area contributed by atoms with Crippen molar-refractivity contribution in [2.75, 3.05) is 6.61 Å². The van der Waals surface area contributed by atoms with E-state index in [-0.39, 0.29) is 4.90 Å². The predicted molar refractivity (Wildman–Crippen MR) is 81.5 cm³/mol. The number of unbranched alkanes of at least 4 members (excludes halogenated alkanes) is 4. The van der Waals surface area contributed by atoms with Crippen LogP contribution >= 0.6 is 0 Å². The maximum absolute atomic E-state index is 11.6. The maximum atomic E-state index is 11.6. The van der Waals surface area contributed by atoms with Crippen LogP contribution in [-0.2, 0) is 10.0 Å². The Morgan fingerprint density at radius 3 is 2.35 bits per heavy atom. The first-order valence-electron chi connectivity index (χ1n) is 7.13. The van der Waals surface area contributed by atoms with Crippen molar-refractivity contribution in [2.45, 2.75) is 57.8 Å². The van der Waals surface area contributed by atoms with Crippen LogP contribution in [0.1, 0.15) is 50.2 Å². The summed E-state index contributed by atoms with van der Waals surface area (Å²) in [6.45, 7) is 6.38. The highest BCUT2D eigenvalue weighted by atomic mass is 32.2. The van der Waals surface area contributed by atoms with Gasteiger partial charge in [-0.3, -0.25) is 0 Å². The van der Waals surface area contributed by atoms with Crippen LogP contribution in [0, 0.1) is 13.8 Å². The molecule has 20 heavy (non-hydrogen) atoms. The Hall–Kier alpha value is -1.07. The Morgan fingerprint density at radius 1 is 1.10 bits per heavy atom. The van der Waals surface area contributed by atoms with Crippen molar-refractivity contribution in [3.05, 3.63) is 23.3 Å². The minimum absolute atomic E-state index is 0.0866. The topological polar surface area (TPSA) is 69.4 Å². The zero-order chi connectivity index (χ0) is 15.2. The minimum Gasteiger partial charge on any atom is -0.492 e. The molecule has 4 nitrogen and oxygen atoms in total. The van der Waals surface area contributed by atoms with E-state index in [4.69, 9.17) is 9.88 Å². The van der Waals surface area contributed by atoms with Gasteiger partial charge in [-0.15, -0.1) is 0 Å². The maximum Gasteiger partial charge on any atom is 0.241 e. The summed E-state index contributed by atoms with van der Waals surface area (Å²) in [7, 11) is -3.75. The summed E-state index contributed by atoms with van der Waals surface area (Å²) in [5, 5.41) is 5.26. The van der Waals surface area contributed by atoms with Crippen LogP contribution in [0.25, 0.3) is 0 Å². The van der Waals surface area contributed by atoms with E-state index in [9.17, 15) is 8.42 Å². The van der Waals surface area contributed by atoms with Crippen molar-refractivity contribution in [1.82, 2.24) is 0 Å². The highest BCUT2D eigenvalue weighted by molar-refractivity contribution is 7.89. The number of hydrogen-bond donors (Lipinski definition) is 1. The van der Waals surface area contributed by atoms with Crippen LogP contribution in [0.4, 0.5) is 0 Å². The summed E-state index contributed by atoms with van der Waals surface area (Å²) >= 11 is 0. The molecular formula is C15H25NO3S. The molecule has 0 bridgehead atoms. The van der Waals surface area contributed by atoms with Crippen LogP contribution in [0.2, 0.25) is 0 Å². The first kappa shape index (κ1) is 17.0. The SMILES string of the molecule is CCCCCCCOc1c(C)cc(C)cc1S(N)(=O)=O. The molecule has 5 heteroatoms. The highest BCUT2D eigenvalue weighted by Crippen LogP contribution is 2.28. The number of benzene rings is 1. The minimum atomic E-state index is -3.75. The molecule has 0 fully saturated rings. The van der Waals surface area contributed by atoms with Crippen molar-refractivity contribution >= 4 is 10.0 Å². The predicted octanol–water partition coefficient (Wildman–Crippen LogP) is 3.30. The van der Waals surface area contributed by atoms with Crippen molar-refractivity contribution in [3.8, 4) is 5.75 Å². The van der Waals surface area contributed by atoms with E-state index in [2.05, 4.69) is 6.92 Å². The summed E-state index contributed by atoms with van der Waals surface area (Å²) in [5.74, 6) is 0.397. The Morgan fingerprint density at radius 2 is 1.75 bits per heavy atom. The molecule has 1 aromatic rings. The van der Waals surface area contributed by atoms with Crippen LogP contribution in [0.3, 0.4) is 0 Å². The molecule has 0 saturated heterocycles. The third-order valence-corrected chi connectivity index (χ3v) is 4.10. The van der Waals surface area contributed by atoms with Gasteiger partial charge in [-0.25, -0.2) is 13.6 Å². The van der Waals surface area contributed by atoms with Crippen LogP contribution in [-0.4, -0.2) is 15.0 Å². The normalized spacial score (nSPS) is 11.6. The summed E-state index contributed by atoms with van der Waals surface area (Å²) in [4.78, 5) is 0.0866. The van der Waals surface area contributed by atoms with Gasteiger partial charge < -0.3 is 4.74 Å². The number of ether oxygens (including phenoxy) is 1. The third kappa shape index (κ3) is 5.13. The molecule has 0 amide bonds. The third-order valence-electron chi connectivity index (χ3n) is 3.19. The van der Waals surface area contributed by atoms with E-state index in [0.717, 1.165) is 24.0 Å². The van der Waals surface area contributed by atoms with Gasteiger partial charge in [0.05, 0.1) is 6.61 Å². The second kappa shape index (κ2) is 7.64. The van der Waals surface area contributed by atoms with Crippen LogP contribution < -0.4 is 9.88 Å². The number of rotatable bonds is 8. The highest BCUT2D eigenvalue weighted by Gasteiger charge is 2.18. The zero-order valence-electron chi connectivity index (χ0n) is 12.6. The zero-order valence-corrected chi connectivity index (χ0v) is 13.4. The number of primary sulfonamides is 1. The molecule has 1 aromatic carbocycles. The van der Waals surface area contributed by atoms with Crippen LogP contribution in [0.15, 0.2) is 17.0 Å². The van der Waals surface area contributed by atoms with Crippen molar-refractivity contribution < 1.29 is 13.2 Å². The number of sulfonamides is 1. The molecule has 0 aliphatic heterocycles. The van der Waals surface area contributed by atoms with Gasteiger partial charge in [-0.2, -0.15) is 0 Å². The summed E-state index contributed by atoms with van der Waals surface area (Å²) in [6, 6.07) is 3.47. The first-order valence-corrected chi connectivity index (χ1v) is 8.67. The smallest absolute Gasteiger partial charge is 0.241 e. The summed E-state index contributed by atoms with van der Waals surface area (Å²) in [5.41, 5.74) is 1.67. The monoisotopic (exact) mass is 299 g/mol. The molecule has 0 unspecified atom stereocenters. The van der Waals surface area contributed by atoms with Crippen molar-refractivity contribution in [2.24, 2.45) is 5.14 Å². The molecular weight excluding hydrogens is 274 g/mol. The van der Waals surface area contributed by atoms with E-state index >= 15 is 0 Å². The van der Waals surface area contributed by atoms with Gasteiger partial charge in [0.15, 0.2) is 0 Å². The fourth-order valence-corrected chi connectivity index (χ4v) is 3.02. The lowest BCUT2D eigenvalue weighted by Crippen LogP contribution is -2.15. The molecule has 0 saturated carbocycles. The average molecular weight is 299 g/mol. The Balaban J connectivity index is 2.74. The van der Waals surface area contributed by atoms with Gasteiger partial charge in [0.2, 0.25) is 10.0 Å². The molecule has 0 aliphatic rings. The quantitative estimate of drug-likeness (QED) is 0.749. The van der Waals surface area contributed by atoms with Crippen molar-refractivity contribution in [1.29, 1.82) is 0 Å². The second-order valence-corrected chi connectivity index (χ2v) is 6.75. The lowest BCUT2D eigenvalue weighted by Gasteiger charge is -2.14. The lowest BCUT2D eigenvalue weighted by atomic mass is 10.1. The van der Waals surface area contributed by atoms with Crippen LogP contribution in [0.5, 0.6) is 5.75 Å². The summed E-state index contributed by atoms with van der Waals surface area (Å²) in [6.07, 6.45) is 5.65. The molecule has 0 aromatic heterocycles. The van der Waals surface area contributed by atoms with Gasteiger partial charge >= 0.3 is 0 Å². The van der Waals surface area contributed by atoms with Gasteiger partial charge in [-0.1, -0.05) is 38.7 Å². The molecule has 0 radical (unpaired) electrons. The standard InChI is InChI=1S/C15H25NO3S/c1-4-5-6-7-8-9-19-15-13(3)10-12(2)11-14(15)20(16,17)18/h10-11H,4-9H2,1-3H3,(H2,16,17,18). The number of nitrogens with two attached hydrogens (primary N) is 1. The fraction of sp³-hybridized carbons (Fsp3) is 0.600. The van der Waals surface area contributed by atoms with Gasteiger partial charge in [0, 0.05) is 0 Å². The van der Waals surface area contributed by atoms with E-state index in [1.54, 1.807) is 6.07 Å². The fourth-order valence-electron chi connectivity index (χ4n) is 2.19. The second-order valence-electron chi connectivity index (χ2n) is 5.22. The summed E-state index contributed by atoms with van der Waals surface area (Å²) < 4.78 is 28.9. The molecule has 0 heterocycles. The van der Waals surface area contributed by atoms with Gasteiger partial charge in [-0.05, 0) is 37.5 Å². The number of aryl methyl sites for hydroxylation is 2. The lowest BCUT2D eigenvalue weighted by molar-refractivity contribution is 0.295. The Labute approximate surface area is 122 Å². The largest absolute Gasteiger partial charge is 0.492 e. The van der Waals surface area contributed by atoms with E-state index < -0.39 is 10.0 Å². The van der Waals surface area contributed by atoms with Gasteiger partial charge in [0.25, 0.3) is 0 Å². The van der Waals surface area contributed by atoms with E-state index in [0.29, 0.717) is 12.4 Å². The Bertz CT molecular complexity index is 538. The average Bonchev–Trinajstić information content (AvgIpc) is 2.34. The molecule has 0 aliphatic carbocycles. The Kier molecular flexibility index (Phi) is 6.49. The number of hydrogen-bond acceptors (Lipinski definition) is 3. The van der Waals surface area contributed by atoms with E-state index in [1.807, 2.05) is 19.9 Å². The molecule has 114 valence electrons. The molecule has 2 N–H and O–H groups in total. The van der Waals surface area contributed by atoms with Crippen molar-refractivity contribution in [3.63, 3.8) is 0 Å². The molecule has 1 rings (SSSR count). The van der Waals surface area contributed by atoms with E-state index in [1.165, 1.54) is 19.3 Å². The van der Waals surface area contributed by atoms with Gasteiger partial charge in [0.1, 0.15) is 10.6 Å². The molecule has 0 atom stereocenters. The first-order chi connectivity index (χ1) is 9.36.